The molecule has 28 heavy (non-hydrogen) atoms. The molecular weight excluding hydrogens is 380 g/mol. The average molecular weight is 411 g/mol. The molecule has 0 aromatic heterocycles. The van der Waals surface area contributed by atoms with Crippen LogP contribution in [0.25, 0.3) is 0 Å². The predicted molar refractivity (Wildman–Crippen MR) is 107 cm³/mol. The average Bonchev–Trinajstić information content (AvgIpc) is 2.61. The topological polar surface area (TPSA) is 92.8 Å². The van der Waals surface area contributed by atoms with Crippen LogP contribution in [0.5, 0.6) is 0 Å². The number of piperidine rings is 1. The van der Waals surface area contributed by atoms with Crippen molar-refractivity contribution < 1.29 is 22.7 Å². The fraction of sp³-hybridized carbons (Fsp3) is 0.600. The number of rotatable bonds is 6. The number of hydrogen-bond acceptors (Lipinski definition) is 5. The minimum atomic E-state index is -3.59. The smallest absolute Gasteiger partial charge is 0.306 e. The predicted octanol–water partition coefficient (Wildman–Crippen LogP) is 3.09. The van der Waals surface area contributed by atoms with E-state index in [2.05, 4.69) is 5.32 Å². The van der Waals surface area contributed by atoms with Crippen LogP contribution in [0.4, 0.5) is 5.69 Å². The summed E-state index contributed by atoms with van der Waals surface area (Å²) in [5.74, 6) is -0.946. The zero-order valence-electron chi connectivity index (χ0n) is 17.1. The van der Waals surface area contributed by atoms with Crippen LogP contribution in [-0.2, 0) is 24.3 Å². The van der Waals surface area contributed by atoms with E-state index in [1.54, 1.807) is 19.1 Å². The maximum Gasteiger partial charge on any atom is 0.306 e. The summed E-state index contributed by atoms with van der Waals surface area (Å²) in [6.07, 6.45) is 2.96. The van der Waals surface area contributed by atoms with Crippen molar-refractivity contribution in [3.05, 3.63) is 23.8 Å². The number of carbonyl (C=O) groups is 2. The number of aryl methyl sites for hydroxylation is 1. The Hall–Kier alpha value is -1.93. The Labute approximate surface area is 167 Å². The second kappa shape index (κ2) is 9.05. The molecule has 0 radical (unpaired) electrons. The first kappa shape index (κ1) is 22.4. The van der Waals surface area contributed by atoms with Crippen molar-refractivity contribution in [1.29, 1.82) is 0 Å². The number of nitrogens with zero attached hydrogens (tertiary/aromatic N) is 1. The van der Waals surface area contributed by atoms with Gasteiger partial charge in [-0.15, -0.1) is 0 Å². The minimum Gasteiger partial charge on any atom is -0.456 e. The summed E-state index contributed by atoms with van der Waals surface area (Å²) in [7, 11) is -3.59. The van der Waals surface area contributed by atoms with Gasteiger partial charge >= 0.3 is 5.97 Å². The van der Waals surface area contributed by atoms with Crippen LogP contribution < -0.4 is 5.32 Å². The van der Waals surface area contributed by atoms with Crippen LogP contribution in [0.3, 0.4) is 0 Å². The molecule has 0 bridgehead atoms. The van der Waals surface area contributed by atoms with Crippen LogP contribution in [0.2, 0.25) is 0 Å². The van der Waals surface area contributed by atoms with Gasteiger partial charge in [-0.1, -0.05) is 33.3 Å². The van der Waals surface area contributed by atoms with Gasteiger partial charge in [0.1, 0.15) is 0 Å². The molecule has 0 atom stereocenters. The highest BCUT2D eigenvalue weighted by molar-refractivity contribution is 7.89. The van der Waals surface area contributed by atoms with Gasteiger partial charge in [0.15, 0.2) is 6.61 Å². The molecule has 1 aromatic rings. The SMILES string of the molecule is Cc1ccc(S(=O)(=O)N2CCCCC2)cc1NC(=O)COC(=O)CC(C)(C)C. The van der Waals surface area contributed by atoms with E-state index < -0.39 is 28.5 Å². The van der Waals surface area contributed by atoms with E-state index in [-0.39, 0.29) is 16.7 Å². The first-order valence-electron chi connectivity index (χ1n) is 9.55. The molecule has 2 rings (SSSR count). The number of amides is 1. The van der Waals surface area contributed by atoms with E-state index in [9.17, 15) is 18.0 Å². The quantitative estimate of drug-likeness (QED) is 0.728. The van der Waals surface area contributed by atoms with Crippen molar-refractivity contribution in [2.75, 3.05) is 25.0 Å². The third-order valence-corrected chi connectivity index (χ3v) is 6.37. The number of benzene rings is 1. The highest BCUT2D eigenvalue weighted by atomic mass is 32.2. The highest BCUT2D eigenvalue weighted by Gasteiger charge is 2.26. The summed E-state index contributed by atoms with van der Waals surface area (Å²) in [6, 6.07) is 4.69. The van der Waals surface area contributed by atoms with E-state index in [0.717, 1.165) is 24.8 Å². The van der Waals surface area contributed by atoms with E-state index in [4.69, 9.17) is 4.74 Å². The van der Waals surface area contributed by atoms with Gasteiger partial charge in [0.2, 0.25) is 10.0 Å². The molecule has 1 saturated heterocycles. The van der Waals surface area contributed by atoms with Crippen LogP contribution in [-0.4, -0.2) is 44.3 Å². The summed E-state index contributed by atoms with van der Waals surface area (Å²) in [5.41, 5.74) is 0.906. The van der Waals surface area contributed by atoms with Crippen molar-refractivity contribution >= 4 is 27.6 Å². The lowest BCUT2D eigenvalue weighted by Crippen LogP contribution is -2.35. The van der Waals surface area contributed by atoms with Crippen LogP contribution in [0.15, 0.2) is 23.1 Å². The second-order valence-corrected chi connectivity index (χ2v) is 10.3. The Bertz CT molecular complexity index is 821. The number of sulfonamides is 1. The zero-order valence-corrected chi connectivity index (χ0v) is 17.9. The van der Waals surface area contributed by atoms with Crippen LogP contribution >= 0.6 is 0 Å². The summed E-state index contributed by atoms with van der Waals surface area (Å²) in [5, 5.41) is 2.64. The van der Waals surface area contributed by atoms with Crippen molar-refractivity contribution in [3.8, 4) is 0 Å². The molecule has 0 spiro atoms. The molecule has 7 nitrogen and oxygen atoms in total. The summed E-state index contributed by atoms with van der Waals surface area (Å²) >= 11 is 0. The maximum atomic E-state index is 12.8. The Morgan fingerprint density at radius 2 is 1.79 bits per heavy atom. The van der Waals surface area contributed by atoms with Crippen molar-refractivity contribution in [1.82, 2.24) is 4.31 Å². The molecule has 0 aliphatic carbocycles. The number of ether oxygens (including phenoxy) is 1. The molecule has 1 amide bonds. The van der Waals surface area contributed by atoms with Gasteiger partial charge in [-0.3, -0.25) is 9.59 Å². The van der Waals surface area contributed by atoms with E-state index >= 15 is 0 Å². The molecule has 0 unspecified atom stereocenters. The van der Waals surface area contributed by atoms with Crippen molar-refractivity contribution in [2.24, 2.45) is 5.41 Å². The molecule has 1 fully saturated rings. The number of nitrogens with one attached hydrogen (secondary N) is 1. The fourth-order valence-electron chi connectivity index (χ4n) is 2.97. The van der Waals surface area contributed by atoms with Gasteiger partial charge in [-0.05, 0) is 42.9 Å². The Morgan fingerprint density at radius 1 is 1.14 bits per heavy atom. The molecule has 156 valence electrons. The zero-order chi connectivity index (χ0) is 20.9. The molecule has 1 aromatic carbocycles. The third kappa shape index (κ3) is 6.31. The Kier molecular flexibility index (Phi) is 7.22. The second-order valence-electron chi connectivity index (χ2n) is 8.39. The van der Waals surface area contributed by atoms with Gasteiger partial charge in [0, 0.05) is 18.8 Å². The number of esters is 1. The fourth-order valence-corrected chi connectivity index (χ4v) is 4.51. The molecule has 8 heteroatoms. The third-order valence-electron chi connectivity index (χ3n) is 4.47. The van der Waals surface area contributed by atoms with Crippen molar-refractivity contribution in [2.45, 2.75) is 58.3 Å². The van der Waals surface area contributed by atoms with Gasteiger partial charge < -0.3 is 10.1 Å². The lowest BCUT2D eigenvalue weighted by Gasteiger charge is -2.26. The number of hydrogen-bond donors (Lipinski definition) is 1. The van der Waals surface area contributed by atoms with E-state index in [0.29, 0.717) is 18.8 Å². The highest BCUT2D eigenvalue weighted by Crippen LogP contribution is 2.25. The van der Waals surface area contributed by atoms with Crippen molar-refractivity contribution in [3.63, 3.8) is 0 Å². The lowest BCUT2D eigenvalue weighted by atomic mass is 9.92. The molecular formula is C20H30N2O5S. The summed E-state index contributed by atoms with van der Waals surface area (Å²) in [6.45, 7) is 8.13. The minimum absolute atomic E-state index is 0.153. The molecule has 1 aliphatic heterocycles. The van der Waals surface area contributed by atoms with Gasteiger partial charge in [-0.2, -0.15) is 4.31 Å². The first-order chi connectivity index (χ1) is 13.0. The number of anilines is 1. The van der Waals surface area contributed by atoms with E-state index in [1.165, 1.54) is 10.4 Å². The van der Waals surface area contributed by atoms with Crippen LogP contribution in [0, 0.1) is 12.3 Å². The van der Waals surface area contributed by atoms with Crippen LogP contribution in [0.1, 0.15) is 52.0 Å². The molecule has 1 N–H and O–H groups in total. The largest absolute Gasteiger partial charge is 0.456 e. The summed E-state index contributed by atoms with van der Waals surface area (Å²) < 4.78 is 32.2. The molecule has 1 heterocycles. The molecule has 1 aliphatic rings. The van der Waals surface area contributed by atoms with Gasteiger partial charge in [-0.25, -0.2) is 8.42 Å². The number of carbonyl (C=O) groups excluding carboxylic acids is 2. The van der Waals surface area contributed by atoms with E-state index in [1.807, 2.05) is 20.8 Å². The standard InChI is InChI=1S/C20H30N2O5S/c1-15-8-9-16(28(25,26)22-10-6-5-7-11-22)12-17(15)21-18(23)14-27-19(24)13-20(2,3)4/h8-9,12H,5-7,10-11,13-14H2,1-4H3,(H,21,23). The molecule has 0 saturated carbocycles. The maximum absolute atomic E-state index is 12.8. The van der Waals surface area contributed by atoms with Gasteiger partial charge in [0.05, 0.1) is 11.3 Å². The Balaban J connectivity index is 2.05. The summed E-state index contributed by atoms with van der Waals surface area (Å²) in [4.78, 5) is 24.1. The normalized spacial score (nSPS) is 15.9. The lowest BCUT2D eigenvalue weighted by molar-refractivity contribution is -0.149. The van der Waals surface area contributed by atoms with Gasteiger partial charge in [0.25, 0.3) is 5.91 Å². The Morgan fingerprint density at radius 3 is 2.39 bits per heavy atom. The first-order valence-corrected chi connectivity index (χ1v) is 11.0. The monoisotopic (exact) mass is 410 g/mol.